The molecule has 0 fully saturated rings. The lowest BCUT2D eigenvalue weighted by atomic mass is 9.94. The van der Waals surface area contributed by atoms with Gasteiger partial charge in [0, 0.05) is 11.1 Å². The van der Waals surface area contributed by atoms with E-state index in [1.165, 1.54) is 7.11 Å². The average molecular weight is 478 g/mol. The van der Waals surface area contributed by atoms with Crippen LogP contribution < -0.4 is 13.8 Å². The number of rotatable bonds is 4. The van der Waals surface area contributed by atoms with E-state index < -0.39 is 16.0 Å². The second kappa shape index (κ2) is 8.22. The summed E-state index contributed by atoms with van der Waals surface area (Å²) in [5, 5.41) is 0. The zero-order valence-electron chi connectivity index (χ0n) is 18.9. The Bertz CT molecular complexity index is 1440. The van der Waals surface area contributed by atoms with Crippen molar-refractivity contribution >= 4 is 27.3 Å². The monoisotopic (exact) mass is 477 g/mol. The van der Waals surface area contributed by atoms with E-state index in [2.05, 4.69) is 0 Å². The van der Waals surface area contributed by atoms with Gasteiger partial charge in [-0.05, 0) is 41.3 Å². The van der Waals surface area contributed by atoms with Gasteiger partial charge in [0.25, 0.3) is 10.0 Å². The van der Waals surface area contributed by atoms with Gasteiger partial charge >= 0.3 is 5.97 Å². The molecule has 174 valence electrons. The molecule has 2 aliphatic heterocycles. The molecule has 7 nitrogen and oxygen atoms in total. The third-order valence-electron chi connectivity index (χ3n) is 5.93. The maximum Gasteiger partial charge on any atom is 0.356 e. The summed E-state index contributed by atoms with van der Waals surface area (Å²) in [5.41, 5.74) is 2.59. The van der Waals surface area contributed by atoms with Crippen LogP contribution in [0.15, 0.2) is 77.3 Å². The molecule has 3 aromatic rings. The molecule has 2 aliphatic rings. The van der Waals surface area contributed by atoms with Crippen LogP contribution in [0.25, 0.3) is 5.57 Å². The average Bonchev–Trinajstić information content (AvgIpc) is 3.31. The first-order valence-corrected chi connectivity index (χ1v) is 12.2. The summed E-state index contributed by atoms with van der Waals surface area (Å²) in [6.45, 7) is 4.05. The molecule has 0 saturated heterocycles. The van der Waals surface area contributed by atoms with Gasteiger partial charge in [0.2, 0.25) is 6.79 Å². The van der Waals surface area contributed by atoms with Gasteiger partial charge < -0.3 is 14.2 Å². The summed E-state index contributed by atoms with van der Waals surface area (Å²) in [4.78, 5) is 13.4. The fourth-order valence-corrected chi connectivity index (χ4v) is 6.11. The molecule has 0 atom stereocenters. The molecule has 0 saturated carbocycles. The summed E-state index contributed by atoms with van der Waals surface area (Å²) < 4.78 is 45.3. The number of carbonyl (C=O) groups excluding carboxylic acids is 1. The van der Waals surface area contributed by atoms with Gasteiger partial charge in [0.05, 0.1) is 17.7 Å². The Morgan fingerprint density at radius 3 is 2.44 bits per heavy atom. The molecule has 5 rings (SSSR count). The number of sulfonamides is 1. The normalized spacial score (nSPS) is 15.9. The quantitative estimate of drug-likeness (QED) is 0.508. The maximum atomic E-state index is 14.0. The number of ether oxygens (including phenoxy) is 3. The Balaban J connectivity index is 1.90. The van der Waals surface area contributed by atoms with Crippen LogP contribution in [0.2, 0.25) is 0 Å². The van der Waals surface area contributed by atoms with E-state index in [4.69, 9.17) is 14.2 Å². The largest absolute Gasteiger partial charge is 0.464 e. The molecule has 3 aromatic carbocycles. The van der Waals surface area contributed by atoms with Gasteiger partial charge in [-0.1, -0.05) is 56.3 Å². The minimum Gasteiger partial charge on any atom is -0.464 e. The highest BCUT2D eigenvalue weighted by molar-refractivity contribution is 7.93. The SMILES string of the molecule is COC(=O)C1=C(c2ccc3c(c2)OCO3)c2ccccc2S(=O)(=O)N1c1ccccc1C(C)C. The van der Waals surface area contributed by atoms with Crippen molar-refractivity contribution in [3.8, 4) is 11.5 Å². The van der Waals surface area contributed by atoms with Gasteiger partial charge in [-0.2, -0.15) is 0 Å². The van der Waals surface area contributed by atoms with Crippen molar-refractivity contribution in [1.29, 1.82) is 0 Å². The molecule has 0 amide bonds. The van der Waals surface area contributed by atoms with Crippen LogP contribution in [0.5, 0.6) is 11.5 Å². The maximum absolute atomic E-state index is 14.0. The zero-order chi connectivity index (χ0) is 24.0. The summed E-state index contributed by atoms with van der Waals surface area (Å²) in [6, 6.07) is 19.1. The van der Waals surface area contributed by atoms with E-state index in [9.17, 15) is 13.2 Å². The highest BCUT2D eigenvalue weighted by Crippen LogP contribution is 2.46. The Morgan fingerprint density at radius 2 is 1.68 bits per heavy atom. The van der Waals surface area contributed by atoms with Crippen molar-refractivity contribution in [3.05, 3.63) is 89.1 Å². The zero-order valence-corrected chi connectivity index (χ0v) is 19.8. The first-order valence-electron chi connectivity index (χ1n) is 10.8. The van der Waals surface area contributed by atoms with Crippen molar-refractivity contribution in [2.24, 2.45) is 0 Å². The number of benzene rings is 3. The highest BCUT2D eigenvalue weighted by atomic mass is 32.2. The molecule has 0 radical (unpaired) electrons. The van der Waals surface area contributed by atoms with Gasteiger partial charge in [-0.15, -0.1) is 0 Å². The Hall–Kier alpha value is -3.78. The molecule has 34 heavy (non-hydrogen) atoms. The number of carbonyl (C=O) groups is 1. The number of nitrogens with zero attached hydrogens (tertiary/aromatic N) is 1. The number of esters is 1. The minimum atomic E-state index is -4.13. The molecule has 0 unspecified atom stereocenters. The Morgan fingerprint density at radius 1 is 0.971 bits per heavy atom. The first kappa shape index (κ1) is 22.0. The van der Waals surface area contributed by atoms with Crippen LogP contribution in [0.1, 0.15) is 36.5 Å². The lowest BCUT2D eigenvalue weighted by Gasteiger charge is -2.34. The highest BCUT2D eigenvalue weighted by Gasteiger charge is 2.42. The molecular formula is C26H23NO6S. The Kier molecular flexibility index (Phi) is 5.32. The van der Waals surface area contributed by atoms with Crippen LogP contribution >= 0.6 is 0 Å². The van der Waals surface area contributed by atoms with E-state index in [0.717, 1.165) is 9.87 Å². The van der Waals surface area contributed by atoms with E-state index in [1.807, 2.05) is 26.0 Å². The van der Waals surface area contributed by atoms with Crippen molar-refractivity contribution in [3.63, 3.8) is 0 Å². The van der Waals surface area contributed by atoms with E-state index >= 15 is 0 Å². The number of anilines is 1. The van der Waals surface area contributed by atoms with Crippen molar-refractivity contribution in [1.82, 2.24) is 0 Å². The third-order valence-corrected chi connectivity index (χ3v) is 7.70. The lowest BCUT2D eigenvalue weighted by molar-refractivity contribution is -0.136. The molecule has 0 aromatic heterocycles. The summed E-state index contributed by atoms with van der Waals surface area (Å²) >= 11 is 0. The summed E-state index contributed by atoms with van der Waals surface area (Å²) in [5.74, 6) is 0.359. The Labute approximate surface area is 198 Å². The fourth-order valence-electron chi connectivity index (χ4n) is 4.38. The number of fused-ring (bicyclic) bond motifs is 2. The molecule has 0 bridgehead atoms. The number of methoxy groups -OCH3 is 1. The van der Waals surface area contributed by atoms with Crippen LogP contribution in [0.3, 0.4) is 0 Å². The lowest BCUT2D eigenvalue weighted by Crippen LogP contribution is -2.39. The second-order valence-corrected chi connectivity index (χ2v) is 10.0. The van der Waals surface area contributed by atoms with Gasteiger partial charge in [0.15, 0.2) is 17.2 Å². The number of hydrogen-bond acceptors (Lipinski definition) is 6. The molecule has 8 heteroatoms. The van der Waals surface area contributed by atoms with Crippen molar-refractivity contribution in [2.75, 3.05) is 18.2 Å². The van der Waals surface area contributed by atoms with Crippen LogP contribution in [-0.4, -0.2) is 28.3 Å². The number of para-hydroxylation sites is 1. The van der Waals surface area contributed by atoms with E-state index in [-0.39, 0.29) is 23.3 Å². The van der Waals surface area contributed by atoms with Crippen LogP contribution in [-0.2, 0) is 19.6 Å². The first-order chi connectivity index (χ1) is 16.3. The van der Waals surface area contributed by atoms with Crippen molar-refractivity contribution < 1.29 is 27.4 Å². The van der Waals surface area contributed by atoms with Gasteiger partial charge in [0.1, 0.15) is 0 Å². The standard InChI is InChI=1S/C26H23NO6S/c1-16(2)18-8-4-6-10-20(18)27-25(26(28)31-3)24(17-12-13-21-22(14-17)33-15-32-21)19-9-5-7-11-23(19)34(27,29)30/h4-14,16H,15H2,1-3H3. The van der Waals surface area contributed by atoms with Crippen LogP contribution in [0, 0.1) is 0 Å². The predicted octanol–water partition coefficient (Wildman–Crippen LogP) is 4.68. The van der Waals surface area contributed by atoms with E-state index in [0.29, 0.717) is 33.9 Å². The van der Waals surface area contributed by atoms with Gasteiger partial charge in [-0.3, -0.25) is 0 Å². The van der Waals surface area contributed by atoms with Gasteiger partial charge in [-0.25, -0.2) is 17.5 Å². The molecule has 0 N–H and O–H groups in total. The predicted molar refractivity (Wildman–Crippen MR) is 127 cm³/mol. The smallest absolute Gasteiger partial charge is 0.356 e. The third kappa shape index (κ3) is 3.33. The second-order valence-electron chi connectivity index (χ2n) is 8.26. The topological polar surface area (TPSA) is 82.1 Å². The summed E-state index contributed by atoms with van der Waals surface area (Å²) in [7, 11) is -2.89. The molecule has 0 aliphatic carbocycles. The van der Waals surface area contributed by atoms with E-state index in [1.54, 1.807) is 54.6 Å². The molecule has 2 heterocycles. The van der Waals surface area contributed by atoms with Crippen LogP contribution in [0.4, 0.5) is 5.69 Å². The summed E-state index contributed by atoms with van der Waals surface area (Å²) in [6.07, 6.45) is 0. The van der Waals surface area contributed by atoms with Crippen molar-refractivity contribution in [2.45, 2.75) is 24.7 Å². The molecule has 0 spiro atoms. The molecular weight excluding hydrogens is 454 g/mol. The number of hydrogen-bond donors (Lipinski definition) is 0. The fraction of sp³-hybridized carbons (Fsp3) is 0.192. The minimum absolute atomic E-state index is 0.0106.